The number of hydrogen-bond donors (Lipinski definition) is 1. The Kier molecular flexibility index (Phi) is 23.5. The van der Waals surface area contributed by atoms with Crippen molar-refractivity contribution in [2.75, 3.05) is 0 Å². The molecule has 28 heavy (non-hydrogen) atoms. The maximum absolute atomic E-state index is 9.47. The van der Waals surface area contributed by atoms with Crippen LogP contribution in [0.25, 0.3) is 0 Å². The normalized spacial score (nSPS) is 13.4. The predicted octanol–water partition coefficient (Wildman–Crippen LogP) is 9.08. The van der Waals surface area contributed by atoms with Gasteiger partial charge in [0.05, 0.1) is 6.10 Å². The van der Waals surface area contributed by atoms with E-state index in [0.717, 1.165) is 32.1 Å². The van der Waals surface area contributed by atoms with Crippen molar-refractivity contribution in [1.29, 1.82) is 0 Å². The molecule has 0 spiro atoms. The molecule has 0 amide bonds. The first-order chi connectivity index (χ1) is 13.8. The van der Waals surface area contributed by atoms with Gasteiger partial charge in [0, 0.05) is 0 Å². The summed E-state index contributed by atoms with van der Waals surface area (Å²) < 4.78 is 0. The van der Waals surface area contributed by atoms with Crippen molar-refractivity contribution in [3.05, 3.63) is 36.5 Å². The zero-order valence-electron chi connectivity index (χ0n) is 19.2. The molecule has 1 nitrogen and oxygen atoms in total. The van der Waals surface area contributed by atoms with Crippen LogP contribution in [0, 0.1) is 0 Å². The van der Waals surface area contributed by atoms with Gasteiger partial charge in [0.15, 0.2) is 0 Å². The molecule has 0 aromatic heterocycles. The lowest BCUT2D eigenvalue weighted by Gasteiger charge is -2.03. The third-order valence-corrected chi connectivity index (χ3v) is 5.36. The second-order valence-corrected chi connectivity index (χ2v) is 8.18. The maximum Gasteiger partial charge on any atom is 0.0540 e. The Balaban J connectivity index is 3.25. The Bertz CT molecular complexity index is 366. The summed E-state index contributed by atoms with van der Waals surface area (Å²) in [6, 6.07) is 0. The first kappa shape index (κ1) is 27.2. The van der Waals surface area contributed by atoms with Crippen molar-refractivity contribution in [3.63, 3.8) is 0 Å². The Morgan fingerprint density at radius 1 is 0.500 bits per heavy atom. The SMILES string of the molecule is CCCCCCCCCCCC/C=C/CC/C=C/CC/C=C/CCC(O)CC. The summed E-state index contributed by atoms with van der Waals surface area (Å²) in [6.45, 7) is 4.32. The van der Waals surface area contributed by atoms with Gasteiger partial charge in [-0.15, -0.1) is 0 Å². The molecular formula is C27H50O. The van der Waals surface area contributed by atoms with E-state index < -0.39 is 0 Å². The van der Waals surface area contributed by atoms with Gasteiger partial charge >= 0.3 is 0 Å². The molecule has 0 aliphatic heterocycles. The smallest absolute Gasteiger partial charge is 0.0540 e. The second-order valence-electron chi connectivity index (χ2n) is 8.18. The van der Waals surface area contributed by atoms with Gasteiger partial charge < -0.3 is 5.11 Å². The van der Waals surface area contributed by atoms with Crippen molar-refractivity contribution >= 4 is 0 Å². The molecule has 0 aromatic rings. The van der Waals surface area contributed by atoms with E-state index in [0.29, 0.717) is 0 Å². The van der Waals surface area contributed by atoms with Crippen LogP contribution in [0.15, 0.2) is 36.5 Å². The van der Waals surface area contributed by atoms with E-state index in [1.807, 2.05) is 6.92 Å². The molecular weight excluding hydrogens is 340 g/mol. The third-order valence-electron chi connectivity index (χ3n) is 5.36. The molecule has 0 aromatic carbocycles. The summed E-state index contributed by atoms with van der Waals surface area (Å²) in [5, 5.41) is 9.47. The molecule has 164 valence electrons. The summed E-state index contributed by atoms with van der Waals surface area (Å²) >= 11 is 0. The van der Waals surface area contributed by atoms with Gasteiger partial charge in [-0.05, 0) is 57.8 Å². The predicted molar refractivity (Wildman–Crippen MR) is 128 cm³/mol. The Morgan fingerprint density at radius 3 is 1.36 bits per heavy atom. The quantitative estimate of drug-likeness (QED) is 0.153. The summed E-state index contributed by atoms with van der Waals surface area (Å²) in [4.78, 5) is 0. The van der Waals surface area contributed by atoms with Crippen LogP contribution in [-0.4, -0.2) is 11.2 Å². The lowest BCUT2D eigenvalue weighted by Crippen LogP contribution is -2.02. The number of unbranched alkanes of at least 4 members (excludes halogenated alkanes) is 12. The van der Waals surface area contributed by atoms with Gasteiger partial charge in [-0.1, -0.05) is 108 Å². The van der Waals surface area contributed by atoms with E-state index >= 15 is 0 Å². The van der Waals surface area contributed by atoms with E-state index in [4.69, 9.17) is 0 Å². The number of aliphatic hydroxyl groups excluding tert-OH is 1. The molecule has 0 heterocycles. The number of hydrogen-bond acceptors (Lipinski definition) is 1. The lowest BCUT2D eigenvalue weighted by atomic mass is 10.1. The molecule has 0 fully saturated rings. The zero-order chi connectivity index (χ0) is 20.5. The van der Waals surface area contributed by atoms with Gasteiger partial charge in [-0.3, -0.25) is 0 Å². The first-order valence-electron chi connectivity index (χ1n) is 12.4. The van der Waals surface area contributed by atoms with Crippen molar-refractivity contribution in [2.45, 2.75) is 136 Å². The van der Waals surface area contributed by atoms with E-state index in [1.165, 1.54) is 83.5 Å². The molecule has 0 saturated heterocycles. The second kappa shape index (κ2) is 24.2. The number of rotatable bonds is 21. The average molecular weight is 391 g/mol. The molecule has 0 rings (SSSR count). The molecule has 1 unspecified atom stereocenters. The van der Waals surface area contributed by atoms with Crippen molar-refractivity contribution in [2.24, 2.45) is 0 Å². The number of aliphatic hydroxyl groups is 1. The Labute approximate surface area is 177 Å². The summed E-state index contributed by atoms with van der Waals surface area (Å²) in [7, 11) is 0. The van der Waals surface area contributed by atoms with E-state index in [1.54, 1.807) is 0 Å². The maximum atomic E-state index is 9.47. The van der Waals surface area contributed by atoms with Crippen LogP contribution < -0.4 is 0 Å². The van der Waals surface area contributed by atoms with Gasteiger partial charge in [-0.25, -0.2) is 0 Å². The topological polar surface area (TPSA) is 20.2 Å². The molecule has 1 atom stereocenters. The molecule has 1 heteroatoms. The highest BCUT2D eigenvalue weighted by atomic mass is 16.3. The number of allylic oxidation sites excluding steroid dienone is 6. The summed E-state index contributed by atoms with van der Waals surface area (Å²) in [5.41, 5.74) is 0. The minimum absolute atomic E-state index is 0.122. The standard InChI is InChI=1S/C27H50O/c1-3-5-6-7-8-9-10-11-12-13-14-15-16-17-18-19-20-21-22-23-24-25-26-27(28)4-2/h15-16,19-20,23-24,27-28H,3-14,17-18,21-22,25-26H2,1-2H3/b16-15+,20-19+,24-23+. The van der Waals surface area contributed by atoms with Crippen LogP contribution in [0.2, 0.25) is 0 Å². The lowest BCUT2D eigenvalue weighted by molar-refractivity contribution is 0.161. The van der Waals surface area contributed by atoms with Crippen LogP contribution in [0.5, 0.6) is 0 Å². The monoisotopic (exact) mass is 390 g/mol. The minimum Gasteiger partial charge on any atom is -0.393 e. The molecule has 0 saturated carbocycles. The Hall–Kier alpha value is -0.820. The van der Waals surface area contributed by atoms with Gasteiger partial charge in [-0.2, -0.15) is 0 Å². The van der Waals surface area contributed by atoms with Crippen molar-refractivity contribution in [1.82, 2.24) is 0 Å². The van der Waals surface area contributed by atoms with Crippen molar-refractivity contribution in [3.8, 4) is 0 Å². The highest BCUT2D eigenvalue weighted by Gasteiger charge is 1.96. The van der Waals surface area contributed by atoms with Crippen LogP contribution in [0.3, 0.4) is 0 Å². The van der Waals surface area contributed by atoms with Gasteiger partial charge in [0.25, 0.3) is 0 Å². The summed E-state index contributed by atoms with van der Waals surface area (Å²) in [5.74, 6) is 0. The average Bonchev–Trinajstić information content (AvgIpc) is 2.71. The first-order valence-corrected chi connectivity index (χ1v) is 12.4. The highest BCUT2D eigenvalue weighted by molar-refractivity contribution is 4.90. The fourth-order valence-electron chi connectivity index (χ4n) is 3.33. The molecule has 0 aliphatic carbocycles. The van der Waals surface area contributed by atoms with Crippen LogP contribution in [0.4, 0.5) is 0 Å². The van der Waals surface area contributed by atoms with Crippen molar-refractivity contribution < 1.29 is 5.11 Å². The fourth-order valence-corrected chi connectivity index (χ4v) is 3.33. The van der Waals surface area contributed by atoms with Crippen LogP contribution in [-0.2, 0) is 0 Å². The molecule has 0 radical (unpaired) electrons. The highest BCUT2D eigenvalue weighted by Crippen LogP contribution is 2.11. The summed E-state index contributed by atoms with van der Waals surface area (Å²) in [6.07, 6.45) is 36.5. The minimum atomic E-state index is -0.122. The largest absolute Gasteiger partial charge is 0.393 e. The zero-order valence-corrected chi connectivity index (χ0v) is 19.2. The van der Waals surface area contributed by atoms with E-state index in [2.05, 4.69) is 43.4 Å². The van der Waals surface area contributed by atoms with E-state index in [-0.39, 0.29) is 6.10 Å². The van der Waals surface area contributed by atoms with E-state index in [9.17, 15) is 5.11 Å². The molecule has 0 aliphatic rings. The molecule has 1 N–H and O–H groups in total. The van der Waals surface area contributed by atoms with Crippen LogP contribution >= 0.6 is 0 Å². The van der Waals surface area contributed by atoms with Gasteiger partial charge in [0.1, 0.15) is 0 Å². The van der Waals surface area contributed by atoms with Crippen LogP contribution in [0.1, 0.15) is 129 Å². The van der Waals surface area contributed by atoms with Gasteiger partial charge in [0.2, 0.25) is 0 Å². The molecule has 0 bridgehead atoms. The third kappa shape index (κ3) is 23.2. The fraction of sp³-hybridized carbons (Fsp3) is 0.778. The Morgan fingerprint density at radius 2 is 0.893 bits per heavy atom.